The van der Waals surface area contributed by atoms with Gasteiger partial charge >= 0.3 is 12.1 Å². The number of nitrogens with zero attached hydrogens (tertiary/aromatic N) is 1. The van der Waals surface area contributed by atoms with E-state index in [4.69, 9.17) is 9.47 Å². The third kappa shape index (κ3) is 13.3. The number of amides is 3. The molecule has 0 saturated heterocycles. The van der Waals surface area contributed by atoms with Gasteiger partial charge in [0.25, 0.3) is 0 Å². The normalized spacial score (nSPS) is 13.5. The molecule has 0 radical (unpaired) electrons. The second-order valence-corrected chi connectivity index (χ2v) is 12.1. The molecule has 0 aliphatic heterocycles. The number of rotatable bonds is 17. The Morgan fingerprint density at radius 3 is 2.10 bits per heavy atom. The summed E-state index contributed by atoms with van der Waals surface area (Å²) < 4.78 is 10.5. The lowest BCUT2D eigenvalue weighted by Gasteiger charge is -2.36. The van der Waals surface area contributed by atoms with Crippen molar-refractivity contribution in [3.63, 3.8) is 0 Å². The van der Waals surface area contributed by atoms with Crippen LogP contribution in [-0.4, -0.2) is 60.1 Å². The molecule has 3 amide bonds. The Bertz CT molecular complexity index is 999. The standard InChI is InChI=1S/C33H55N3O6/c1-10-13-14-15-16-19-36(31(39)28(25(6)11-2)35-32(40)42-33(7,8)9)29(26-21-23(4)20-24(5)22-26)30(38)34-18-17-27(37)41-12-3/h20-22,25,28-29H,10-19H2,1-9H3,(H,34,38)(H,35,40). The van der Waals surface area contributed by atoms with E-state index in [1.807, 2.05) is 45.9 Å². The molecule has 0 aromatic heterocycles. The Hall–Kier alpha value is -3.10. The highest BCUT2D eigenvalue weighted by atomic mass is 16.6. The quantitative estimate of drug-likeness (QED) is 0.166. The van der Waals surface area contributed by atoms with E-state index in [2.05, 4.69) is 17.6 Å². The molecule has 0 saturated carbocycles. The minimum Gasteiger partial charge on any atom is -0.466 e. The van der Waals surface area contributed by atoms with Gasteiger partial charge < -0.3 is 25.0 Å². The van der Waals surface area contributed by atoms with E-state index in [-0.39, 0.29) is 37.3 Å². The lowest BCUT2D eigenvalue weighted by Crippen LogP contribution is -2.55. The van der Waals surface area contributed by atoms with Gasteiger partial charge in [-0.25, -0.2) is 4.79 Å². The SMILES string of the molecule is CCCCCCCN(C(=O)C(NC(=O)OC(C)(C)C)C(C)CC)C(C(=O)NCCC(=O)OCC)c1cc(C)cc(C)c1. The fourth-order valence-electron chi connectivity index (χ4n) is 4.81. The van der Waals surface area contributed by atoms with Crippen molar-refractivity contribution in [2.45, 2.75) is 125 Å². The lowest BCUT2D eigenvalue weighted by molar-refractivity contribution is -0.145. The topological polar surface area (TPSA) is 114 Å². The number of carbonyl (C=O) groups is 4. The average Bonchev–Trinajstić information content (AvgIpc) is 2.88. The van der Waals surface area contributed by atoms with Gasteiger partial charge in [0, 0.05) is 13.1 Å². The van der Waals surface area contributed by atoms with Gasteiger partial charge in [-0.15, -0.1) is 0 Å². The average molecular weight is 590 g/mol. The van der Waals surface area contributed by atoms with Crippen LogP contribution in [0.4, 0.5) is 4.79 Å². The Labute approximate surface area is 253 Å². The van der Waals surface area contributed by atoms with Gasteiger partial charge in [0.15, 0.2) is 0 Å². The maximum atomic E-state index is 14.4. The van der Waals surface area contributed by atoms with E-state index in [1.165, 1.54) is 0 Å². The number of esters is 1. The molecule has 3 unspecified atom stereocenters. The van der Waals surface area contributed by atoms with E-state index in [9.17, 15) is 19.2 Å². The van der Waals surface area contributed by atoms with Gasteiger partial charge in [-0.05, 0) is 59.4 Å². The molecule has 2 N–H and O–H groups in total. The molecular weight excluding hydrogens is 534 g/mol. The summed E-state index contributed by atoms with van der Waals surface area (Å²) in [5.74, 6) is -1.33. The minimum absolute atomic E-state index is 0.0276. The van der Waals surface area contributed by atoms with E-state index in [0.29, 0.717) is 24.9 Å². The van der Waals surface area contributed by atoms with E-state index >= 15 is 0 Å². The number of aryl methyl sites for hydroxylation is 2. The Morgan fingerprint density at radius 1 is 0.929 bits per heavy atom. The van der Waals surface area contributed by atoms with Gasteiger partial charge in [-0.1, -0.05) is 82.2 Å². The molecule has 3 atom stereocenters. The molecule has 238 valence electrons. The van der Waals surface area contributed by atoms with E-state index < -0.39 is 29.7 Å². The predicted octanol–water partition coefficient (Wildman–Crippen LogP) is 6.15. The summed E-state index contributed by atoms with van der Waals surface area (Å²) in [7, 11) is 0. The lowest BCUT2D eigenvalue weighted by atomic mass is 9.94. The summed E-state index contributed by atoms with van der Waals surface area (Å²) in [6.45, 7) is 17.7. The van der Waals surface area contributed by atoms with Gasteiger partial charge in [-0.2, -0.15) is 0 Å². The van der Waals surface area contributed by atoms with E-state index in [0.717, 1.165) is 36.8 Å². The van der Waals surface area contributed by atoms with Crippen molar-refractivity contribution >= 4 is 23.9 Å². The molecule has 1 aromatic carbocycles. The fourth-order valence-corrected chi connectivity index (χ4v) is 4.81. The van der Waals surface area contributed by atoms with Crippen LogP contribution in [0.5, 0.6) is 0 Å². The first kappa shape index (κ1) is 36.9. The monoisotopic (exact) mass is 589 g/mol. The molecule has 0 heterocycles. The summed E-state index contributed by atoms with van der Waals surface area (Å²) in [5, 5.41) is 5.67. The summed E-state index contributed by atoms with van der Waals surface area (Å²) in [6, 6.07) is 4.01. The van der Waals surface area contributed by atoms with Crippen LogP contribution >= 0.6 is 0 Å². The molecule has 9 heteroatoms. The van der Waals surface area contributed by atoms with Crippen LogP contribution in [0.3, 0.4) is 0 Å². The van der Waals surface area contributed by atoms with Crippen LogP contribution in [0.25, 0.3) is 0 Å². The molecule has 0 fully saturated rings. The van der Waals surface area contributed by atoms with Crippen LogP contribution < -0.4 is 10.6 Å². The molecule has 9 nitrogen and oxygen atoms in total. The molecule has 0 bridgehead atoms. The number of unbranched alkanes of at least 4 members (excludes halogenated alkanes) is 4. The van der Waals surface area contributed by atoms with Crippen molar-refractivity contribution in [2.75, 3.05) is 19.7 Å². The number of alkyl carbamates (subject to hydrolysis) is 1. The van der Waals surface area contributed by atoms with Crippen molar-refractivity contribution in [1.29, 1.82) is 0 Å². The van der Waals surface area contributed by atoms with Crippen molar-refractivity contribution in [3.8, 4) is 0 Å². The Balaban J connectivity index is 3.53. The van der Waals surface area contributed by atoms with Gasteiger partial charge in [0.1, 0.15) is 17.7 Å². The van der Waals surface area contributed by atoms with Crippen molar-refractivity contribution in [1.82, 2.24) is 15.5 Å². The molecule has 1 aromatic rings. The zero-order valence-electron chi connectivity index (χ0n) is 27.4. The Morgan fingerprint density at radius 2 is 1.55 bits per heavy atom. The number of hydrogen-bond donors (Lipinski definition) is 2. The molecule has 0 spiro atoms. The van der Waals surface area contributed by atoms with Gasteiger partial charge in [0.2, 0.25) is 11.8 Å². The first-order valence-corrected chi connectivity index (χ1v) is 15.5. The maximum Gasteiger partial charge on any atom is 0.408 e. The number of carbonyl (C=O) groups excluding carboxylic acids is 4. The van der Waals surface area contributed by atoms with Crippen LogP contribution in [0.2, 0.25) is 0 Å². The summed E-state index contributed by atoms with van der Waals surface area (Å²) in [6.07, 6.45) is 4.83. The second-order valence-electron chi connectivity index (χ2n) is 12.1. The molecule has 0 aliphatic carbocycles. The summed E-state index contributed by atoms with van der Waals surface area (Å²) >= 11 is 0. The third-order valence-electron chi connectivity index (χ3n) is 6.99. The zero-order valence-corrected chi connectivity index (χ0v) is 27.4. The van der Waals surface area contributed by atoms with Crippen LogP contribution in [0, 0.1) is 19.8 Å². The fraction of sp³-hybridized carbons (Fsp3) is 0.697. The smallest absolute Gasteiger partial charge is 0.408 e. The largest absolute Gasteiger partial charge is 0.466 e. The highest BCUT2D eigenvalue weighted by molar-refractivity contribution is 5.92. The van der Waals surface area contributed by atoms with E-state index in [1.54, 1.807) is 32.6 Å². The number of hydrogen-bond acceptors (Lipinski definition) is 6. The highest BCUT2D eigenvalue weighted by Crippen LogP contribution is 2.27. The van der Waals surface area contributed by atoms with Gasteiger partial charge in [-0.3, -0.25) is 14.4 Å². The summed E-state index contributed by atoms with van der Waals surface area (Å²) in [5.41, 5.74) is 1.89. The number of benzene rings is 1. The highest BCUT2D eigenvalue weighted by Gasteiger charge is 2.38. The summed E-state index contributed by atoms with van der Waals surface area (Å²) in [4.78, 5) is 54.7. The van der Waals surface area contributed by atoms with Crippen molar-refractivity contribution in [2.24, 2.45) is 5.92 Å². The van der Waals surface area contributed by atoms with Crippen LogP contribution in [0.15, 0.2) is 18.2 Å². The third-order valence-corrected chi connectivity index (χ3v) is 6.99. The number of nitrogens with one attached hydrogen (secondary N) is 2. The zero-order chi connectivity index (χ0) is 31.9. The van der Waals surface area contributed by atoms with Crippen LogP contribution in [0.1, 0.15) is 116 Å². The minimum atomic E-state index is -0.948. The van der Waals surface area contributed by atoms with Crippen molar-refractivity contribution in [3.05, 3.63) is 34.9 Å². The molecule has 0 aliphatic rings. The Kier molecular flexibility index (Phi) is 16.2. The maximum absolute atomic E-state index is 14.4. The first-order valence-electron chi connectivity index (χ1n) is 15.5. The molecular formula is C33H55N3O6. The second kappa shape index (κ2) is 18.4. The van der Waals surface area contributed by atoms with Gasteiger partial charge in [0.05, 0.1) is 13.0 Å². The predicted molar refractivity (Wildman–Crippen MR) is 166 cm³/mol. The molecule has 1 rings (SSSR count). The van der Waals surface area contributed by atoms with Crippen molar-refractivity contribution < 1.29 is 28.7 Å². The number of ether oxygens (including phenoxy) is 2. The van der Waals surface area contributed by atoms with Crippen LogP contribution in [-0.2, 0) is 23.9 Å². The first-order chi connectivity index (χ1) is 19.7. The molecule has 42 heavy (non-hydrogen) atoms.